The average molecular weight is 268 g/mol. The molecule has 1 spiro atoms. The summed E-state index contributed by atoms with van der Waals surface area (Å²) in [7, 11) is 0. The van der Waals surface area contributed by atoms with Crippen LogP contribution in [0.3, 0.4) is 0 Å². The first-order chi connectivity index (χ1) is 8.67. The van der Waals surface area contributed by atoms with Gasteiger partial charge in [-0.1, -0.05) is 6.07 Å². The summed E-state index contributed by atoms with van der Waals surface area (Å²) in [5.74, 6) is -0.660. The molecule has 0 atom stereocenters. The molecule has 2 heterocycles. The van der Waals surface area contributed by atoms with Gasteiger partial charge in [0.05, 0.1) is 13.2 Å². The average Bonchev–Trinajstić information content (AvgIpc) is 2.77. The van der Waals surface area contributed by atoms with Crippen molar-refractivity contribution in [3.63, 3.8) is 0 Å². The number of piperidine rings is 1. The maximum absolute atomic E-state index is 13.3. The van der Waals surface area contributed by atoms with Crippen LogP contribution in [0.5, 0.6) is 0 Å². The Morgan fingerprint density at radius 3 is 2.39 bits per heavy atom. The van der Waals surface area contributed by atoms with Crippen LogP contribution in [0, 0.1) is 5.82 Å². The van der Waals surface area contributed by atoms with E-state index in [-0.39, 0.29) is 11.6 Å². The second kappa shape index (κ2) is 4.64. The third kappa shape index (κ3) is 2.30. The molecule has 2 fully saturated rings. The van der Waals surface area contributed by atoms with Gasteiger partial charge in [-0.15, -0.1) is 0 Å². The molecule has 1 aromatic carbocycles. The number of benzene rings is 1. The molecule has 0 aliphatic carbocycles. The fraction of sp³-hybridized carbons (Fsp3) is 0.538. The quantitative estimate of drug-likeness (QED) is 0.727. The number of halogens is 1. The van der Waals surface area contributed by atoms with E-state index in [1.54, 1.807) is 0 Å². The monoisotopic (exact) mass is 268 g/mol. The minimum atomic E-state index is -0.388. The van der Waals surface area contributed by atoms with Gasteiger partial charge in [0.25, 0.3) is 0 Å². The van der Waals surface area contributed by atoms with Gasteiger partial charge < -0.3 is 27.0 Å². The summed E-state index contributed by atoms with van der Waals surface area (Å²) in [6.45, 7) is 2.96. The lowest BCUT2D eigenvalue weighted by molar-refractivity contribution is -0.169. The molecule has 0 saturated carbocycles. The Kier molecular flexibility index (Phi) is 3.13. The van der Waals surface area contributed by atoms with E-state index >= 15 is 0 Å². The Morgan fingerprint density at radius 2 is 1.78 bits per heavy atom. The summed E-state index contributed by atoms with van der Waals surface area (Å²) >= 11 is 5.04. The van der Waals surface area contributed by atoms with Crippen molar-refractivity contribution in [1.29, 1.82) is 0 Å². The Bertz CT molecular complexity index is 418. The van der Waals surface area contributed by atoms with Gasteiger partial charge in [0, 0.05) is 31.6 Å². The predicted molar refractivity (Wildman–Crippen MR) is 68.1 cm³/mol. The third-order valence-electron chi connectivity index (χ3n) is 3.56. The number of rotatable bonds is 1. The van der Waals surface area contributed by atoms with Crippen LogP contribution in [-0.2, 0) is 22.1 Å². The molecule has 0 N–H and O–H groups in total. The van der Waals surface area contributed by atoms with Crippen LogP contribution in [-0.4, -0.2) is 32.1 Å². The van der Waals surface area contributed by atoms with E-state index in [4.69, 9.17) is 22.1 Å². The molecule has 0 unspecified atom stereocenters. The largest absolute Gasteiger partial charge is 0.780 e. The molecule has 5 heteroatoms. The molecule has 0 aromatic heterocycles. The normalized spacial score (nSPS) is 22.6. The van der Waals surface area contributed by atoms with Crippen LogP contribution in [0.4, 0.5) is 10.1 Å². The standard InChI is InChI=1S/C13H16FNO2S/c14-10-7-11(9-12(18)8-10)15-3-1-13(2-4-15)16-5-6-17-13/h7-9,18H,1-6H2/p-1. The second-order valence-electron chi connectivity index (χ2n) is 4.74. The summed E-state index contributed by atoms with van der Waals surface area (Å²) in [4.78, 5) is 2.67. The van der Waals surface area contributed by atoms with Crippen molar-refractivity contribution in [2.75, 3.05) is 31.2 Å². The van der Waals surface area contributed by atoms with Gasteiger partial charge in [0.15, 0.2) is 5.79 Å². The highest BCUT2D eigenvalue weighted by molar-refractivity contribution is 7.58. The molecule has 1 aromatic rings. The first-order valence-corrected chi connectivity index (χ1v) is 6.58. The second-order valence-corrected chi connectivity index (χ2v) is 5.21. The van der Waals surface area contributed by atoms with Crippen LogP contribution in [0.1, 0.15) is 12.8 Å². The smallest absolute Gasteiger partial charge is 0.171 e. The molecule has 0 radical (unpaired) electrons. The van der Waals surface area contributed by atoms with Gasteiger partial charge in [-0.05, 0) is 12.1 Å². The number of hydrogen-bond acceptors (Lipinski definition) is 4. The van der Waals surface area contributed by atoms with E-state index in [2.05, 4.69) is 4.90 Å². The van der Waals surface area contributed by atoms with Crippen molar-refractivity contribution in [1.82, 2.24) is 0 Å². The number of hydrogen-bond donors (Lipinski definition) is 0. The van der Waals surface area contributed by atoms with Gasteiger partial charge in [-0.25, -0.2) is 4.39 Å². The summed E-state index contributed by atoms with van der Waals surface area (Å²) in [6, 6.07) is 4.74. The van der Waals surface area contributed by atoms with E-state index in [0.29, 0.717) is 18.1 Å². The van der Waals surface area contributed by atoms with Crippen molar-refractivity contribution < 1.29 is 13.9 Å². The molecule has 2 aliphatic heterocycles. The summed E-state index contributed by atoms with van der Waals surface area (Å²) in [5.41, 5.74) is 0.854. The number of anilines is 1. The van der Waals surface area contributed by atoms with E-state index in [0.717, 1.165) is 31.6 Å². The van der Waals surface area contributed by atoms with Crippen LogP contribution in [0.15, 0.2) is 23.1 Å². The summed E-state index contributed by atoms with van der Waals surface area (Å²) < 4.78 is 24.7. The molecule has 0 amide bonds. The van der Waals surface area contributed by atoms with Gasteiger partial charge in [-0.3, -0.25) is 0 Å². The molecule has 0 bridgehead atoms. The lowest BCUT2D eigenvalue weighted by Crippen LogP contribution is -2.45. The molecular formula is C13H15FNO2S-. The molecule has 2 saturated heterocycles. The first kappa shape index (κ1) is 12.1. The fourth-order valence-corrected chi connectivity index (χ4v) is 2.86. The van der Waals surface area contributed by atoms with Crippen molar-refractivity contribution >= 4 is 18.3 Å². The minimum absolute atomic E-state index is 0.272. The van der Waals surface area contributed by atoms with Gasteiger partial charge >= 0.3 is 0 Å². The molecule has 3 nitrogen and oxygen atoms in total. The Hall–Kier alpha value is -0.910. The first-order valence-electron chi connectivity index (χ1n) is 6.17. The van der Waals surface area contributed by atoms with Crippen LogP contribution in [0.2, 0.25) is 0 Å². The Balaban J connectivity index is 1.72. The highest BCUT2D eigenvalue weighted by Gasteiger charge is 2.39. The molecular weight excluding hydrogens is 253 g/mol. The fourth-order valence-electron chi connectivity index (χ4n) is 2.62. The van der Waals surface area contributed by atoms with Crippen LogP contribution in [0.25, 0.3) is 0 Å². The zero-order valence-corrected chi connectivity index (χ0v) is 10.8. The van der Waals surface area contributed by atoms with Crippen LogP contribution >= 0.6 is 0 Å². The molecule has 2 aliphatic rings. The Labute approximate surface area is 111 Å². The van der Waals surface area contributed by atoms with E-state index < -0.39 is 0 Å². The minimum Gasteiger partial charge on any atom is -0.780 e. The Morgan fingerprint density at radius 1 is 1.11 bits per heavy atom. The predicted octanol–water partition coefficient (Wildman–Crippen LogP) is 2.07. The maximum atomic E-state index is 13.3. The third-order valence-corrected chi connectivity index (χ3v) is 3.80. The zero-order valence-electron chi connectivity index (χ0n) is 10.0. The highest BCUT2D eigenvalue weighted by atomic mass is 32.1. The van der Waals surface area contributed by atoms with Gasteiger partial charge in [-0.2, -0.15) is 4.90 Å². The van der Waals surface area contributed by atoms with Crippen molar-refractivity contribution in [3.05, 3.63) is 24.0 Å². The van der Waals surface area contributed by atoms with Gasteiger partial charge in [0.1, 0.15) is 5.82 Å². The zero-order chi connectivity index (χ0) is 12.6. The number of nitrogens with zero attached hydrogens (tertiary/aromatic N) is 1. The SMILES string of the molecule is Fc1cc([S-])cc(N2CCC3(CC2)OCCO3)c1. The summed E-state index contributed by atoms with van der Waals surface area (Å²) in [6.07, 6.45) is 1.63. The van der Waals surface area contributed by atoms with Crippen molar-refractivity contribution in [2.45, 2.75) is 23.5 Å². The van der Waals surface area contributed by atoms with Crippen molar-refractivity contribution in [2.24, 2.45) is 0 Å². The van der Waals surface area contributed by atoms with E-state index in [1.807, 2.05) is 6.07 Å². The van der Waals surface area contributed by atoms with E-state index in [1.165, 1.54) is 12.1 Å². The topological polar surface area (TPSA) is 21.7 Å². The molecule has 98 valence electrons. The maximum Gasteiger partial charge on any atom is 0.171 e. The van der Waals surface area contributed by atoms with Gasteiger partial charge in [0.2, 0.25) is 0 Å². The lowest BCUT2D eigenvalue weighted by atomic mass is 10.0. The summed E-state index contributed by atoms with van der Waals surface area (Å²) in [5, 5.41) is 0. The lowest BCUT2D eigenvalue weighted by Gasteiger charge is -2.39. The van der Waals surface area contributed by atoms with Crippen LogP contribution < -0.4 is 4.90 Å². The molecule has 18 heavy (non-hydrogen) atoms. The van der Waals surface area contributed by atoms with Crippen molar-refractivity contribution in [3.8, 4) is 0 Å². The van der Waals surface area contributed by atoms with E-state index in [9.17, 15) is 4.39 Å². The molecule has 3 rings (SSSR count). The highest BCUT2D eigenvalue weighted by Crippen LogP contribution is 2.33. The number of ether oxygens (including phenoxy) is 2.